The van der Waals surface area contributed by atoms with E-state index >= 15 is 0 Å². The maximum atomic E-state index is 11.2. The number of carboxylic acids is 1. The molecule has 3 unspecified atom stereocenters. The van der Waals surface area contributed by atoms with Gasteiger partial charge in [-0.2, -0.15) is 11.8 Å². The Labute approximate surface area is 108 Å². The molecule has 0 fully saturated rings. The van der Waals surface area contributed by atoms with Crippen LogP contribution in [0.25, 0.3) is 0 Å². The van der Waals surface area contributed by atoms with Crippen molar-refractivity contribution in [2.24, 2.45) is 0 Å². The lowest BCUT2D eigenvalue weighted by atomic mass is 9.98. The van der Waals surface area contributed by atoms with Gasteiger partial charge in [0.2, 0.25) is 0 Å². The Kier molecular flexibility index (Phi) is 7.13. The van der Waals surface area contributed by atoms with Gasteiger partial charge >= 0.3 is 5.97 Å². The van der Waals surface area contributed by atoms with E-state index in [2.05, 4.69) is 5.32 Å². The number of hydrogen-bond acceptors (Lipinski definition) is 4. The van der Waals surface area contributed by atoms with Crippen molar-refractivity contribution in [2.75, 3.05) is 5.75 Å². The zero-order valence-corrected chi connectivity index (χ0v) is 12.2. The van der Waals surface area contributed by atoms with Crippen molar-refractivity contribution in [2.45, 2.75) is 64.0 Å². The first-order chi connectivity index (χ1) is 7.69. The maximum Gasteiger partial charge on any atom is 0.323 e. The highest BCUT2D eigenvalue weighted by atomic mass is 32.2. The van der Waals surface area contributed by atoms with E-state index in [9.17, 15) is 15.0 Å². The zero-order valence-electron chi connectivity index (χ0n) is 11.4. The van der Waals surface area contributed by atoms with Gasteiger partial charge in [0.25, 0.3) is 0 Å². The molecule has 0 aliphatic heterocycles. The predicted octanol–water partition coefficient (Wildman–Crippen LogP) is 1.72. The minimum absolute atomic E-state index is 0.132. The molecule has 0 amide bonds. The Morgan fingerprint density at radius 1 is 1.35 bits per heavy atom. The number of rotatable bonds is 8. The maximum absolute atomic E-state index is 11.2. The van der Waals surface area contributed by atoms with E-state index in [1.54, 1.807) is 25.6 Å². The summed E-state index contributed by atoms with van der Waals surface area (Å²) in [4.78, 5) is 11.2. The fourth-order valence-corrected chi connectivity index (χ4v) is 2.64. The standard InChI is InChI=1S/C12H25NO3S/c1-8(2)13-12(5,11(15)16)6-7-17-10(4)9(3)14/h8-10,13-14H,6-7H2,1-5H3,(H,15,16). The van der Waals surface area contributed by atoms with E-state index < -0.39 is 11.5 Å². The quantitative estimate of drug-likeness (QED) is 0.622. The molecular formula is C12H25NO3S. The van der Waals surface area contributed by atoms with E-state index in [0.717, 1.165) is 0 Å². The zero-order chi connectivity index (χ0) is 13.6. The fraction of sp³-hybridized carbons (Fsp3) is 0.917. The number of aliphatic hydroxyl groups is 1. The predicted molar refractivity (Wildman–Crippen MR) is 72.5 cm³/mol. The number of aliphatic carboxylic acids is 1. The summed E-state index contributed by atoms with van der Waals surface area (Å²) in [6.07, 6.45) is 0.177. The van der Waals surface area contributed by atoms with Crippen LogP contribution >= 0.6 is 11.8 Å². The number of carbonyl (C=O) groups is 1. The summed E-state index contributed by atoms with van der Waals surface area (Å²) in [6.45, 7) is 9.28. The number of hydrogen-bond donors (Lipinski definition) is 3. The Morgan fingerprint density at radius 3 is 2.24 bits per heavy atom. The third-order valence-corrected chi connectivity index (χ3v) is 4.10. The Hall–Kier alpha value is -0.260. The van der Waals surface area contributed by atoms with Gasteiger partial charge in [-0.05, 0) is 39.9 Å². The van der Waals surface area contributed by atoms with Crippen molar-refractivity contribution in [3.63, 3.8) is 0 Å². The Bertz CT molecular complexity index is 246. The summed E-state index contributed by atoms with van der Waals surface area (Å²) in [6, 6.07) is 0.135. The molecule has 0 aromatic rings. The summed E-state index contributed by atoms with van der Waals surface area (Å²) >= 11 is 1.60. The highest BCUT2D eigenvalue weighted by Gasteiger charge is 2.33. The van der Waals surface area contributed by atoms with Crippen molar-refractivity contribution in [3.05, 3.63) is 0 Å². The van der Waals surface area contributed by atoms with Gasteiger partial charge in [0.1, 0.15) is 5.54 Å². The third kappa shape index (κ3) is 6.29. The van der Waals surface area contributed by atoms with Gasteiger partial charge in [-0.15, -0.1) is 0 Å². The fourth-order valence-electron chi connectivity index (χ4n) is 1.47. The van der Waals surface area contributed by atoms with E-state index in [-0.39, 0.29) is 17.4 Å². The first kappa shape index (κ1) is 16.7. The number of aliphatic hydroxyl groups excluding tert-OH is 1. The lowest BCUT2D eigenvalue weighted by molar-refractivity contribution is -0.144. The van der Waals surface area contributed by atoms with Crippen molar-refractivity contribution in [3.8, 4) is 0 Å². The molecule has 0 heterocycles. The molecule has 0 aromatic carbocycles. The van der Waals surface area contributed by atoms with Crippen LogP contribution in [0.15, 0.2) is 0 Å². The number of thioether (sulfide) groups is 1. The van der Waals surface area contributed by atoms with E-state index in [0.29, 0.717) is 12.2 Å². The SMILES string of the molecule is CC(C)NC(C)(CCSC(C)C(C)O)C(=O)O. The summed E-state index contributed by atoms with van der Waals surface area (Å²) in [5.74, 6) is -0.106. The van der Waals surface area contributed by atoms with Crippen LogP contribution in [0.4, 0.5) is 0 Å². The summed E-state index contributed by atoms with van der Waals surface area (Å²) < 4.78 is 0. The lowest BCUT2D eigenvalue weighted by Gasteiger charge is -2.29. The molecule has 0 saturated heterocycles. The molecule has 4 nitrogen and oxygen atoms in total. The molecule has 3 atom stereocenters. The molecule has 0 aliphatic rings. The molecule has 0 aromatic heterocycles. The van der Waals surface area contributed by atoms with Gasteiger partial charge in [-0.25, -0.2) is 0 Å². The summed E-state index contributed by atoms with van der Waals surface area (Å²) in [5.41, 5.74) is -0.889. The largest absolute Gasteiger partial charge is 0.480 e. The molecule has 0 saturated carbocycles. The molecule has 0 rings (SSSR count). The Balaban J connectivity index is 4.23. The summed E-state index contributed by atoms with van der Waals surface area (Å²) in [5, 5.41) is 21.8. The second-order valence-corrected chi connectivity index (χ2v) is 6.49. The molecule has 0 spiro atoms. The minimum Gasteiger partial charge on any atom is -0.480 e. The molecule has 3 N–H and O–H groups in total. The minimum atomic E-state index is -0.889. The van der Waals surface area contributed by atoms with Crippen molar-refractivity contribution < 1.29 is 15.0 Å². The first-order valence-electron chi connectivity index (χ1n) is 6.00. The van der Waals surface area contributed by atoms with E-state index in [1.807, 2.05) is 20.8 Å². The Morgan fingerprint density at radius 2 is 1.88 bits per heavy atom. The molecule has 0 bridgehead atoms. The molecule has 0 aliphatic carbocycles. The lowest BCUT2D eigenvalue weighted by Crippen LogP contribution is -2.52. The van der Waals surface area contributed by atoms with Gasteiger partial charge < -0.3 is 10.2 Å². The van der Waals surface area contributed by atoms with Crippen LogP contribution in [0, 0.1) is 0 Å². The highest BCUT2D eigenvalue weighted by Crippen LogP contribution is 2.20. The van der Waals surface area contributed by atoms with Crippen molar-refractivity contribution in [1.82, 2.24) is 5.32 Å². The van der Waals surface area contributed by atoms with Crippen LogP contribution < -0.4 is 5.32 Å². The second-order valence-electron chi connectivity index (χ2n) is 5.00. The van der Waals surface area contributed by atoms with Crippen molar-refractivity contribution >= 4 is 17.7 Å². The summed E-state index contributed by atoms with van der Waals surface area (Å²) in [7, 11) is 0. The van der Waals surface area contributed by atoms with Crippen LogP contribution in [0.2, 0.25) is 0 Å². The van der Waals surface area contributed by atoms with Crippen LogP contribution in [0.5, 0.6) is 0 Å². The van der Waals surface area contributed by atoms with Crippen molar-refractivity contribution in [1.29, 1.82) is 0 Å². The van der Waals surface area contributed by atoms with Crippen LogP contribution in [0.3, 0.4) is 0 Å². The van der Waals surface area contributed by atoms with Crippen LogP contribution in [0.1, 0.15) is 41.0 Å². The molecular weight excluding hydrogens is 238 g/mol. The highest BCUT2D eigenvalue weighted by molar-refractivity contribution is 7.99. The van der Waals surface area contributed by atoms with Gasteiger partial charge in [-0.3, -0.25) is 10.1 Å². The second kappa shape index (κ2) is 7.24. The smallest absolute Gasteiger partial charge is 0.323 e. The number of carboxylic acid groups (broad SMARTS) is 1. The monoisotopic (exact) mass is 263 g/mol. The molecule has 5 heteroatoms. The average Bonchev–Trinajstić information content (AvgIpc) is 2.15. The van der Waals surface area contributed by atoms with Crippen LogP contribution in [-0.2, 0) is 4.79 Å². The van der Waals surface area contributed by atoms with Gasteiger partial charge in [0, 0.05) is 11.3 Å². The van der Waals surface area contributed by atoms with E-state index in [1.165, 1.54) is 0 Å². The molecule has 102 valence electrons. The first-order valence-corrected chi connectivity index (χ1v) is 7.04. The molecule has 0 radical (unpaired) electrons. The third-order valence-electron chi connectivity index (χ3n) is 2.74. The van der Waals surface area contributed by atoms with Gasteiger partial charge in [0.15, 0.2) is 0 Å². The topological polar surface area (TPSA) is 69.6 Å². The normalized spacial score (nSPS) is 18.8. The van der Waals surface area contributed by atoms with Gasteiger partial charge in [-0.1, -0.05) is 6.92 Å². The van der Waals surface area contributed by atoms with E-state index in [4.69, 9.17) is 0 Å². The average molecular weight is 263 g/mol. The van der Waals surface area contributed by atoms with Crippen LogP contribution in [-0.4, -0.2) is 44.9 Å². The van der Waals surface area contributed by atoms with Gasteiger partial charge in [0.05, 0.1) is 6.10 Å². The molecule has 17 heavy (non-hydrogen) atoms. The number of nitrogens with one attached hydrogen (secondary N) is 1.